The van der Waals surface area contributed by atoms with Crippen molar-refractivity contribution < 1.29 is 18.0 Å². The van der Waals surface area contributed by atoms with Crippen molar-refractivity contribution in [3.63, 3.8) is 0 Å². The van der Waals surface area contributed by atoms with Gasteiger partial charge in [-0.3, -0.25) is 9.48 Å². The molecule has 2 aromatic heterocycles. The fraction of sp³-hybridized carbons (Fsp3) is 0.417. The first kappa shape index (κ1) is 25.0. The lowest BCUT2D eigenvalue weighted by Gasteiger charge is -2.33. The highest BCUT2D eigenvalue weighted by molar-refractivity contribution is 6.30. The van der Waals surface area contributed by atoms with Crippen LogP contribution in [-0.2, 0) is 17.5 Å². The predicted octanol–water partition coefficient (Wildman–Crippen LogP) is 4.79. The number of nitrogens with zero attached hydrogens (tertiary/aromatic N) is 6. The Hall–Kier alpha value is -3.14. The van der Waals surface area contributed by atoms with Gasteiger partial charge < -0.3 is 9.80 Å². The van der Waals surface area contributed by atoms with Gasteiger partial charge in [0.25, 0.3) is 0 Å². The molecule has 0 aliphatic carbocycles. The third-order valence-corrected chi connectivity index (χ3v) is 6.33. The van der Waals surface area contributed by atoms with E-state index in [9.17, 15) is 18.0 Å². The van der Waals surface area contributed by atoms with Gasteiger partial charge in [0.1, 0.15) is 6.54 Å². The van der Waals surface area contributed by atoms with Crippen LogP contribution in [0.25, 0.3) is 11.1 Å². The lowest BCUT2D eigenvalue weighted by atomic mass is 9.90. The fourth-order valence-electron chi connectivity index (χ4n) is 4.23. The number of aromatic nitrogens is 4. The standard InChI is InChI=1S/C24H26ClF3N6O/c1-15-11-20(24(26,27)28)31-34(15)14-21(35)33-10-4-5-17(13-33)22-19(12-29-23(30-22)32(2)3)16-6-8-18(25)9-7-16/h6-9,11-12,17H,4-5,10,13-14H2,1-3H3. The third-order valence-electron chi connectivity index (χ3n) is 6.08. The van der Waals surface area contributed by atoms with Crippen LogP contribution in [0.5, 0.6) is 0 Å². The van der Waals surface area contributed by atoms with Gasteiger partial charge in [0.2, 0.25) is 11.9 Å². The normalized spacial score (nSPS) is 16.4. The highest BCUT2D eigenvalue weighted by Gasteiger charge is 2.35. The first-order valence-corrected chi connectivity index (χ1v) is 11.6. The summed E-state index contributed by atoms with van der Waals surface area (Å²) in [7, 11) is 3.72. The van der Waals surface area contributed by atoms with Crippen LogP contribution >= 0.6 is 11.6 Å². The third kappa shape index (κ3) is 5.58. The van der Waals surface area contributed by atoms with E-state index < -0.39 is 11.9 Å². The molecule has 3 heterocycles. The molecule has 1 amide bonds. The monoisotopic (exact) mass is 506 g/mol. The first-order chi connectivity index (χ1) is 16.5. The largest absolute Gasteiger partial charge is 0.435 e. The van der Waals surface area contributed by atoms with Crippen LogP contribution in [0, 0.1) is 6.92 Å². The molecule has 0 spiro atoms. The number of alkyl halides is 3. The average Bonchev–Trinajstić information content (AvgIpc) is 3.20. The zero-order valence-corrected chi connectivity index (χ0v) is 20.4. The minimum absolute atomic E-state index is 0.0514. The molecule has 35 heavy (non-hydrogen) atoms. The Kier molecular flexibility index (Phi) is 7.02. The molecule has 186 valence electrons. The number of rotatable bonds is 5. The number of carbonyl (C=O) groups is 1. The maximum atomic E-state index is 13.1. The molecule has 1 fully saturated rings. The summed E-state index contributed by atoms with van der Waals surface area (Å²) in [6.07, 6.45) is -1.19. The second kappa shape index (κ2) is 9.85. The Morgan fingerprint density at radius 1 is 1.23 bits per heavy atom. The molecule has 1 aromatic carbocycles. The van der Waals surface area contributed by atoms with Crippen LogP contribution in [0.4, 0.5) is 19.1 Å². The average molecular weight is 507 g/mol. The van der Waals surface area contributed by atoms with Gasteiger partial charge in [0, 0.05) is 55.6 Å². The summed E-state index contributed by atoms with van der Waals surface area (Å²) in [6, 6.07) is 8.38. The molecule has 0 radical (unpaired) electrons. The molecule has 1 aliphatic rings. The Labute approximate surface area is 206 Å². The summed E-state index contributed by atoms with van der Waals surface area (Å²) in [4.78, 5) is 25.8. The van der Waals surface area contributed by atoms with E-state index >= 15 is 0 Å². The summed E-state index contributed by atoms with van der Waals surface area (Å²) in [6.45, 7) is 2.21. The molecule has 7 nitrogen and oxygen atoms in total. The Morgan fingerprint density at radius 3 is 2.57 bits per heavy atom. The molecule has 11 heteroatoms. The van der Waals surface area contributed by atoms with E-state index in [-0.39, 0.29) is 24.1 Å². The first-order valence-electron chi connectivity index (χ1n) is 11.2. The molecule has 1 saturated heterocycles. The van der Waals surface area contributed by atoms with E-state index in [4.69, 9.17) is 16.6 Å². The van der Waals surface area contributed by atoms with Gasteiger partial charge in [0.05, 0.1) is 5.69 Å². The highest BCUT2D eigenvalue weighted by Crippen LogP contribution is 2.34. The zero-order valence-electron chi connectivity index (χ0n) is 19.7. The SMILES string of the molecule is Cc1cc(C(F)(F)F)nn1CC(=O)N1CCCC(c2nc(N(C)C)ncc2-c2ccc(Cl)cc2)C1. The summed E-state index contributed by atoms with van der Waals surface area (Å²) in [5, 5.41) is 4.22. The molecule has 0 bridgehead atoms. The minimum Gasteiger partial charge on any atom is -0.347 e. The van der Waals surface area contributed by atoms with Crippen LogP contribution in [0.2, 0.25) is 5.02 Å². The van der Waals surface area contributed by atoms with Crippen molar-refractivity contribution >= 4 is 23.5 Å². The summed E-state index contributed by atoms with van der Waals surface area (Å²) < 4.78 is 40.1. The number of carbonyl (C=O) groups excluding carboxylic acids is 1. The van der Waals surface area contributed by atoms with E-state index in [1.807, 2.05) is 31.1 Å². The van der Waals surface area contributed by atoms with Crippen LogP contribution in [0.1, 0.15) is 35.8 Å². The Bertz CT molecular complexity index is 1210. The number of likely N-dealkylation sites (tertiary alicyclic amines) is 1. The van der Waals surface area contributed by atoms with Gasteiger partial charge in [0.15, 0.2) is 5.69 Å². The maximum Gasteiger partial charge on any atom is 0.435 e. The van der Waals surface area contributed by atoms with Crippen molar-refractivity contribution in [3.8, 4) is 11.1 Å². The van der Waals surface area contributed by atoms with Crippen molar-refractivity contribution in [2.24, 2.45) is 0 Å². The van der Waals surface area contributed by atoms with Gasteiger partial charge in [-0.15, -0.1) is 0 Å². The van der Waals surface area contributed by atoms with Gasteiger partial charge in [-0.25, -0.2) is 9.97 Å². The number of anilines is 1. The van der Waals surface area contributed by atoms with Crippen molar-refractivity contribution in [2.45, 2.75) is 38.4 Å². The van der Waals surface area contributed by atoms with Gasteiger partial charge >= 0.3 is 6.18 Å². The molecule has 1 unspecified atom stereocenters. The Balaban J connectivity index is 1.59. The zero-order chi connectivity index (χ0) is 25.3. The summed E-state index contributed by atoms with van der Waals surface area (Å²) in [5.74, 6) is 0.238. The second-order valence-corrected chi connectivity index (χ2v) is 9.31. The summed E-state index contributed by atoms with van der Waals surface area (Å²) >= 11 is 6.06. The molecule has 1 aliphatic heterocycles. The summed E-state index contributed by atoms with van der Waals surface area (Å²) in [5.41, 5.74) is 1.91. The van der Waals surface area contributed by atoms with E-state index in [2.05, 4.69) is 10.1 Å². The molecule has 0 N–H and O–H groups in total. The maximum absolute atomic E-state index is 13.1. The lowest BCUT2D eigenvalue weighted by Crippen LogP contribution is -2.41. The Morgan fingerprint density at radius 2 is 1.94 bits per heavy atom. The molecule has 3 aromatic rings. The van der Waals surface area contributed by atoms with E-state index in [1.54, 1.807) is 23.2 Å². The van der Waals surface area contributed by atoms with Gasteiger partial charge in [-0.2, -0.15) is 18.3 Å². The minimum atomic E-state index is -4.55. The van der Waals surface area contributed by atoms with Crippen molar-refractivity contribution in [1.29, 1.82) is 0 Å². The number of hydrogen-bond acceptors (Lipinski definition) is 5. The van der Waals surface area contributed by atoms with Crippen LogP contribution in [0.3, 0.4) is 0 Å². The lowest BCUT2D eigenvalue weighted by molar-refractivity contribution is -0.142. The highest BCUT2D eigenvalue weighted by atomic mass is 35.5. The quantitative estimate of drug-likeness (QED) is 0.497. The van der Waals surface area contributed by atoms with Gasteiger partial charge in [-0.1, -0.05) is 23.7 Å². The van der Waals surface area contributed by atoms with Gasteiger partial charge in [-0.05, 0) is 43.5 Å². The predicted molar refractivity (Wildman–Crippen MR) is 127 cm³/mol. The number of piperidine rings is 1. The molecule has 1 atom stereocenters. The van der Waals surface area contributed by atoms with Crippen molar-refractivity contribution in [1.82, 2.24) is 24.6 Å². The molecular weight excluding hydrogens is 481 g/mol. The number of amides is 1. The smallest absolute Gasteiger partial charge is 0.347 e. The number of hydrogen-bond donors (Lipinski definition) is 0. The van der Waals surface area contributed by atoms with Crippen LogP contribution in [-0.4, -0.2) is 57.7 Å². The van der Waals surface area contributed by atoms with Crippen LogP contribution in [0.15, 0.2) is 36.5 Å². The van der Waals surface area contributed by atoms with E-state index in [0.717, 1.165) is 40.4 Å². The molecular formula is C24H26ClF3N6O. The fourth-order valence-corrected chi connectivity index (χ4v) is 4.35. The van der Waals surface area contributed by atoms with Crippen molar-refractivity contribution in [3.05, 3.63) is 58.6 Å². The van der Waals surface area contributed by atoms with Crippen molar-refractivity contribution in [2.75, 3.05) is 32.1 Å². The topological polar surface area (TPSA) is 67.2 Å². The van der Waals surface area contributed by atoms with E-state index in [0.29, 0.717) is 24.1 Å². The number of halogens is 4. The van der Waals surface area contributed by atoms with Crippen LogP contribution < -0.4 is 4.90 Å². The van der Waals surface area contributed by atoms with E-state index in [1.165, 1.54) is 6.92 Å². The molecule has 0 saturated carbocycles. The molecule has 4 rings (SSSR count). The number of aryl methyl sites for hydroxylation is 1. The second-order valence-electron chi connectivity index (χ2n) is 8.88. The number of benzene rings is 1.